The van der Waals surface area contributed by atoms with E-state index < -0.39 is 29.5 Å². The number of carbonyl (C=O) groups is 1. The second-order valence-electron chi connectivity index (χ2n) is 6.09. The number of benzene rings is 1. The van der Waals surface area contributed by atoms with Crippen LogP contribution in [0.5, 0.6) is 0 Å². The SMILES string of the molecule is O=C(c1ccc(C(F)(F)F)cc1)N1CCN(c2nccc(C(F)(F)F)n2)CC1. The van der Waals surface area contributed by atoms with E-state index >= 15 is 0 Å². The van der Waals surface area contributed by atoms with E-state index in [2.05, 4.69) is 9.97 Å². The topological polar surface area (TPSA) is 49.3 Å². The number of amides is 1. The Hall–Kier alpha value is -2.85. The Morgan fingerprint density at radius 1 is 0.857 bits per heavy atom. The number of piperazine rings is 1. The predicted octanol–water partition coefficient (Wildman–Crippen LogP) is 3.48. The first kappa shape index (κ1) is 19.9. The number of aromatic nitrogens is 2. The molecule has 1 aromatic carbocycles. The number of rotatable bonds is 2. The summed E-state index contributed by atoms with van der Waals surface area (Å²) in [5.74, 6) is -0.533. The monoisotopic (exact) mass is 404 g/mol. The first-order valence-electron chi connectivity index (χ1n) is 8.17. The van der Waals surface area contributed by atoms with Crippen molar-refractivity contribution in [3.63, 3.8) is 0 Å². The van der Waals surface area contributed by atoms with E-state index in [1.54, 1.807) is 0 Å². The summed E-state index contributed by atoms with van der Waals surface area (Å²) in [6, 6.07) is 4.65. The van der Waals surface area contributed by atoms with Crippen molar-refractivity contribution in [2.75, 3.05) is 31.1 Å². The number of hydrogen-bond acceptors (Lipinski definition) is 4. The summed E-state index contributed by atoms with van der Waals surface area (Å²) in [5, 5.41) is 0. The number of hydrogen-bond donors (Lipinski definition) is 0. The average molecular weight is 404 g/mol. The normalized spacial score (nSPS) is 15.6. The van der Waals surface area contributed by atoms with E-state index in [-0.39, 0.29) is 37.7 Å². The molecular formula is C17H14F6N4O. The zero-order valence-corrected chi connectivity index (χ0v) is 14.3. The summed E-state index contributed by atoms with van der Waals surface area (Å²) in [6.07, 6.45) is -8.05. The van der Waals surface area contributed by atoms with Gasteiger partial charge < -0.3 is 9.80 Å². The molecule has 0 N–H and O–H groups in total. The molecule has 2 heterocycles. The Bertz CT molecular complexity index is 842. The van der Waals surface area contributed by atoms with E-state index in [0.717, 1.165) is 36.5 Å². The standard InChI is InChI=1S/C17H14F6N4O/c18-16(19,20)12-3-1-11(2-4-12)14(28)26-7-9-27(10-8-26)15-24-6-5-13(25-15)17(21,22)23/h1-6H,7-10H2. The number of alkyl halides is 6. The largest absolute Gasteiger partial charge is 0.433 e. The predicted molar refractivity (Wildman–Crippen MR) is 86.6 cm³/mol. The Labute approximate surface area is 155 Å². The molecule has 1 aliphatic rings. The molecule has 0 spiro atoms. The maximum absolute atomic E-state index is 12.8. The van der Waals surface area contributed by atoms with Crippen molar-refractivity contribution in [3.05, 3.63) is 53.3 Å². The van der Waals surface area contributed by atoms with E-state index in [1.165, 1.54) is 9.80 Å². The molecule has 28 heavy (non-hydrogen) atoms. The van der Waals surface area contributed by atoms with Crippen LogP contribution >= 0.6 is 0 Å². The highest BCUT2D eigenvalue weighted by Gasteiger charge is 2.34. The smallest absolute Gasteiger partial charge is 0.337 e. The van der Waals surface area contributed by atoms with E-state index in [4.69, 9.17) is 0 Å². The number of anilines is 1. The molecule has 150 valence electrons. The van der Waals surface area contributed by atoms with Gasteiger partial charge in [-0.25, -0.2) is 9.97 Å². The molecule has 1 aliphatic heterocycles. The van der Waals surface area contributed by atoms with Crippen LogP contribution in [0.1, 0.15) is 21.6 Å². The van der Waals surface area contributed by atoms with Crippen molar-refractivity contribution in [1.29, 1.82) is 0 Å². The lowest BCUT2D eigenvalue weighted by Crippen LogP contribution is -2.49. The summed E-state index contributed by atoms with van der Waals surface area (Å²) >= 11 is 0. The van der Waals surface area contributed by atoms with Gasteiger partial charge in [-0.05, 0) is 30.3 Å². The number of carbonyl (C=O) groups excluding carboxylic acids is 1. The van der Waals surface area contributed by atoms with Crippen LogP contribution in [0.2, 0.25) is 0 Å². The van der Waals surface area contributed by atoms with Crippen molar-refractivity contribution in [2.45, 2.75) is 12.4 Å². The van der Waals surface area contributed by atoms with Gasteiger partial charge in [0.25, 0.3) is 5.91 Å². The average Bonchev–Trinajstić information content (AvgIpc) is 2.66. The zero-order chi connectivity index (χ0) is 20.5. The van der Waals surface area contributed by atoms with Gasteiger partial charge in [0, 0.05) is 37.9 Å². The maximum atomic E-state index is 12.8. The van der Waals surface area contributed by atoms with Gasteiger partial charge in [0.05, 0.1) is 5.56 Å². The second kappa shape index (κ2) is 7.28. The molecule has 11 heteroatoms. The molecule has 0 bridgehead atoms. The van der Waals surface area contributed by atoms with E-state index in [9.17, 15) is 31.1 Å². The van der Waals surface area contributed by atoms with Gasteiger partial charge in [-0.2, -0.15) is 26.3 Å². The van der Waals surface area contributed by atoms with Crippen LogP contribution in [0, 0.1) is 0 Å². The minimum Gasteiger partial charge on any atom is -0.337 e. The summed E-state index contributed by atoms with van der Waals surface area (Å²) in [6.45, 7) is 0.764. The van der Waals surface area contributed by atoms with Gasteiger partial charge in [-0.3, -0.25) is 4.79 Å². The maximum Gasteiger partial charge on any atom is 0.433 e. The molecule has 1 saturated heterocycles. The summed E-state index contributed by atoms with van der Waals surface area (Å²) in [4.78, 5) is 22.7. The Morgan fingerprint density at radius 3 is 2.00 bits per heavy atom. The van der Waals surface area contributed by atoms with Gasteiger partial charge in [0.1, 0.15) is 5.69 Å². The van der Waals surface area contributed by atoms with E-state index in [1.807, 2.05) is 0 Å². The molecule has 1 fully saturated rings. The minimum atomic E-state index is -4.59. The quantitative estimate of drug-likeness (QED) is 0.720. The van der Waals surface area contributed by atoms with Gasteiger partial charge >= 0.3 is 12.4 Å². The minimum absolute atomic E-state index is 0.0866. The Morgan fingerprint density at radius 2 is 1.46 bits per heavy atom. The van der Waals surface area contributed by atoms with Crippen molar-refractivity contribution in [1.82, 2.24) is 14.9 Å². The summed E-state index contributed by atoms with van der Waals surface area (Å²) in [7, 11) is 0. The fourth-order valence-corrected chi connectivity index (χ4v) is 2.75. The lowest BCUT2D eigenvalue weighted by molar-refractivity contribution is -0.141. The highest BCUT2D eigenvalue weighted by atomic mass is 19.4. The lowest BCUT2D eigenvalue weighted by atomic mass is 10.1. The zero-order valence-electron chi connectivity index (χ0n) is 14.3. The highest BCUT2D eigenvalue weighted by molar-refractivity contribution is 5.94. The van der Waals surface area contributed by atoms with Crippen molar-refractivity contribution in [3.8, 4) is 0 Å². The van der Waals surface area contributed by atoms with Crippen LogP contribution < -0.4 is 4.90 Å². The second-order valence-corrected chi connectivity index (χ2v) is 6.09. The summed E-state index contributed by atoms with van der Waals surface area (Å²) < 4.78 is 76.1. The van der Waals surface area contributed by atoms with Crippen LogP contribution in [-0.2, 0) is 12.4 Å². The first-order chi connectivity index (χ1) is 13.1. The molecule has 0 unspecified atom stereocenters. The van der Waals surface area contributed by atoms with Crippen LogP contribution in [0.15, 0.2) is 36.5 Å². The summed E-state index contributed by atoms with van der Waals surface area (Å²) in [5.41, 5.74) is -1.80. The van der Waals surface area contributed by atoms with Crippen LogP contribution in [-0.4, -0.2) is 47.0 Å². The lowest BCUT2D eigenvalue weighted by Gasteiger charge is -2.34. The van der Waals surface area contributed by atoms with Crippen LogP contribution in [0.3, 0.4) is 0 Å². The molecular weight excluding hydrogens is 390 g/mol. The molecule has 3 rings (SSSR count). The molecule has 0 aliphatic carbocycles. The molecule has 0 saturated carbocycles. The van der Waals surface area contributed by atoms with Crippen molar-refractivity contribution < 1.29 is 31.1 Å². The highest BCUT2D eigenvalue weighted by Crippen LogP contribution is 2.30. The molecule has 1 aromatic heterocycles. The third kappa shape index (κ3) is 4.34. The van der Waals surface area contributed by atoms with Gasteiger partial charge in [0.2, 0.25) is 5.95 Å². The third-order valence-corrected chi connectivity index (χ3v) is 4.24. The van der Waals surface area contributed by atoms with Crippen LogP contribution in [0.25, 0.3) is 0 Å². The molecule has 0 atom stereocenters. The molecule has 2 aromatic rings. The van der Waals surface area contributed by atoms with E-state index in [0.29, 0.717) is 0 Å². The fourth-order valence-electron chi connectivity index (χ4n) is 2.75. The van der Waals surface area contributed by atoms with Crippen molar-refractivity contribution >= 4 is 11.9 Å². The van der Waals surface area contributed by atoms with Gasteiger partial charge in [0.15, 0.2) is 0 Å². The number of halogens is 6. The van der Waals surface area contributed by atoms with Crippen LogP contribution in [0.4, 0.5) is 32.3 Å². The van der Waals surface area contributed by atoms with Gasteiger partial charge in [-0.1, -0.05) is 0 Å². The Balaban J connectivity index is 1.64. The van der Waals surface area contributed by atoms with Gasteiger partial charge in [-0.15, -0.1) is 0 Å². The molecule has 0 radical (unpaired) electrons. The molecule has 5 nitrogen and oxygen atoms in total. The van der Waals surface area contributed by atoms with Crippen molar-refractivity contribution in [2.24, 2.45) is 0 Å². The fraction of sp³-hybridized carbons (Fsp3) is 0.353. The number of nitrogens with zero attached hydrogens (tertiary/aromatic N) is 4. The first-order valence-corrected chi connectivity index (χ1v) is 8.17. The Kier molecular flexibility index (Phi) is 5.18. The third-order valence-electron chi connectivity index (χ3n) is 4.24. The molecule has 1 amide bonds.